The van der Waals surface area contributed by atoms with Crippen LogP contribution in [-0.2, 0) is 11.0 Å². The van der Waals surface area contributed by atoms with Crippen molar-refractivity contribution >= 4 is 11.7 Å². The Bertz CT molecular complexity index is 971. The summed E-state index contributed by atoms with van der Waals surface area (Å²) in [5.41, 5.74) is 1.01. The second kappa shape index (κ2) is 7.02. The molecule has 1 aliphatic rings. The minimum absolute atomic E-state index is 0.136. The van der Waals surface area contributed by atoms with Crippen LogP contribution >= 0.6 is 0 Å². The average molecular weight is 388 g/mol. The molecule has 7 nitrogen and oxygen atoms in total. The van der Waals surface area contributed by atoms with Gasteiger partial charge in [0.1, 0.15) is 0 Å². The lowest BCUT2D eigenvalue weighted by atomic mass is 9.93. The summed E-state index contributed by atoms with van der Waals surface area (Å²) in [6, 6.07) is 5.44. The quantitative estimate of drug-likeness (QED) is 0.745. The third kappa shape index (κ3) is 3.57. The van der Waals surface area contributed by atoms with Crippen molar-refractivity contribution in [3.8, 4) is 11.3 Å². The molecule has 1 unspecified atom stereocenters. The molecule has 0 aliphatic carbocycles. The lowest BCUT2D eigenvalue weighted by Gasteiger charge is -2.29. The van der Waals surface area contributed by atoms with Gasteiger partial charge in [0, 0.05) is 49.1 Å². The number of anilines is 1. The second-order valence-corrected chi connectivity index (χ2v) is 6.44. The molecule has 0 aromatic carbocycles. The summed E-state index contributed by atoms with van der Waals surface area (Å²) < 4.78 is 37.8. The standard InChI is InChI=1S/C18H15F3N6O/c19-18(20,21)15-10-23-14(9-24-15)12-3-6-27(17(28)7-12)16-8-13(25-26-16)11-1-4-22-5-2-11/h1-2,4-5,8-10,12H,3,6-7H2,(H,25,26). The van der Waals surface area contributed by atoms with Gasteiger partial charge in [0.15, 0.2) is 11.5 Å². The maximum atomic E-state index is 12.6. The maximum Gasteiger partial charge on any atom is 0.434 e. The molecule has 1 aliphatic heterocycles. The Balaban J connectivity index is 1.46. The van der Waals surface area contributed by atoms with Gasteiger partial charge >= 0.3 is 6.18 Å². The highest BCUT2D eigenvalue weighted by Gasteiger charge is 2.34. The van der Waals surface area contributed by atoms with Crippen LogP contribution in [-0.4, -0.2) is 37.6 Å². The predicted octanol–water partition coefficient (Wildman–Crippen LogP) is 3.19. The van der Waals surface area contributed by atoms with E-state index in [4.69, 9.17) is 0 Å². The second-order valence-electron chi connectivity index (χ2n) is 6.44. The molecule has 0 spiro atoms. The van der Waals surface area contributed by atoms with Crippen molar-refractivity contribution in [3.63, 3.8) is 0 Å². The number of hydrogen-bond acceptors (Lipinski definition) is 5. The Hall–Kier alpha value is -3.30. The first-order chi connectivity index (χ1) is 13.4. The van der Waals surface area contributed by atoms with Crippen molar-refractivity contribution in [2.24, 2.45) is 0 Å². The van der Waals surface area contributed by atoms with E-state index in [9.17, 15) is 18.0 Å². The number of aromatic amines is 1. The van der Waals surface area contributed by atoms with Crippen molar-refractivity contribution in [3.05, 3.63) is 54.4 Å². The molecule has 3 aromatic heterocycles. The largest absolute Gasteiger partial charge is 0.434 e. The van der Waals surface area contributed by atoms with Gasteiger partial charge in [0.25, 0.3) is 0 Å². The third-order valence-electron chi connectivity index (χ3n) is 4.64. The minimum Gasteiger partial charge on any atom is -0.295 e. The first-order valence-electron chi connectivity index (χ1n) is 8.57. The Kier molecular flexibility index (Phi) is 4.54. The highest BCUT2D eigenvalue weighted by atomic mass is 19.4. The predicted molar refractivity (Wildman–Crippen MR) is 93.2 cm³/mol. The van der Waals surface area contributed by atoms with Crippen molar-refractivity contribution < 1.29 is 18.0 Å². The number of carbonyl (C=O) groups is 1. The van der Waals surface area contributed by atoms with Crippen LogP contribution in [0.4, 0.5) is 19.0 Å². The van der Waals surface area contributed by atoms with Crippen LogP contribution in [0.3, 0.4) is 0 Å². The fourth-order valence-corrected chi connectivity index (χ4v) is 3.15. The number of pyridine rings is 1. The molecule has 1 fully saturated rings. The Morgan fingerprint density at radius 3 is 2.57 bits per heavy atom. The fraction of sp³-hybridized carbons (Fsp3) is 0.278. The number of nitrogens with one attached hydrogen (secondary N) is 1. The van der Waals surface area contributed by atoms with Gasteiger partial charge in [-0.05, 0) is 18.6 Å². The van der Waals surface area contributed by atoms with Crippen molar-refractivity contribution in [2.75, 3.05) is 11.4 Å². The van der Waals surface area contributed by atoms with Crippen LogP contribution < -0.4 is 4.90 Å². The van der Waals surface area contributed by atoms with Crippen LogP contribution in [0.15, 0.2) is 43.0 Å². The first kappa shape index (κ1) is 18.1. The third-order valence-corrected chi connectivity index (χ3v) is 4.64. The number of aromatic nitrogens is 5. The van der Waals surface area contributed by atoms with E-state index in [1.807, 2.05) is 12.1 Å². The van der Waals surface area contributed by atoms with E-state index in [1.165, 1.54) is 0 Å². The Morgan fingerprint density at radius 1 is 1.14 bits per heavy atom. The zero-order valence-electron chi connectivity index (χ0n) is 14.5. The number of H-pyrrole nitrogens is 1. The minimum atomic E-state index is -4.53. The normalized spacial score (nSPS) is 17.8. The lowest BCUT2D eigenvalue weighted by Crippen LogP contribution is -2.38. The summed E-state index contributed by atoms with van der Waals surface area (Å²) >= 11 is 0. The van der Waals surface area contributed by atoms with Gasteiger partial charge in [-0.25, -0.2) is 4.98 Å². The molecule has 144 valence electrons. The summed E-state index contributed by atoms with van der Waals surface area (Å²) in [5.74, 6) is 0.0802. The summed E-state index contributed by atoms with van der Waals surface area (Å²) in [6.07, 6.45) is 1.31. The molecule has 0 radical (unpaired) electrons. The molecule has 4 heterocycles. The molecule has 1 atom stereocenters. The average Bonchev–Trinajstić information content (AvgIpc) is 3.18. The summed E-state index contributed by atoms with van der Waals surface area (Å²) in [7, 11) is 0. The molecule has 0 bridgehead atoms. The summed E-state index contributed by atoms with van der Waals surface area (Å²) in [6.45, 7) is 0.396. The summed E-state index contributed by atoms with van der Waals surface area (Å²) in [5, 5.41) is 7.11. The zero-order chi connectivity index (χ0) is 19.7. The Labute approximate surface area is 157 Å². The van der Waals surface area contributed by atoms with E-state index in [2.05, 4.69) is 25.1 Å². The van der Waals surface area contributed by atoms with Crippen LogP contribution in [0, 0.1) is 0 Å². The van der Waals surface area contributed by atoms with Gasteiger partial charge in [-0.2, -0.15) is 18.3 Å². The molecule has 0 saturated carbocycles. The van der Waals surface area contributed by atoms with Gasteiger partial charge < -0.3 is 0 Å². The number of alkyl halides is 3. The smallest absolute Gasteiger partial charge is 0.295 e. The topological polar surface area (TPSA) is 87.7 Å². The van der Waals surface area contributed by atoms with Crippen LogP contribution in [0.1, 0.15) is 30.1 Å². The highest BCUT2D eigenvalue weighted by Crippen LogP contribution is 2.32. The zero-order valence-corrected chi connectivity index (χ0v) is 14.5. The molecular formula is C18H15F3N6O. The van der Waals surface area contributed by atoms with E-state index >= 15 is 0 Å². The van der Waals surface area contributed by atoms with Gasteiger partial charge in [-0.1, -0.05) is 0 Å². The maximum absolute atomic E-state index is 12.6. The first-order valence-corrected chi connectivity index (χ1v) is 8.57. The lowest BCUT2D eigenvalue weighted by molar-refractivity contribution is -0.141. The fourth-order valence-electron chi connectivity index (χ4n) is 3.15. The Morgan fingerprint density at radius 2 is 1.93 bits per heavy atom. The van der Waals surface area contributed by atoms with Gasteiger partial charge in [0.05, 0.1) is 17.6 Å². The molecular weight excluding hydrogens is 373 g/mol. The van der Waals surface area contributed by atoms with Crippen LogP contribution in [0.2, 0.25) is 0 Å². The van der Waals surface area contributed by atoms with E-state index < -0.39 is 11.9 Å². The van der Waals surface area contributed by atoms with E-state index in [0.29, 0.717) is 30.7 Å². The molecule has 1 amide bonds. The van der Waals surface area contributed by atoms with Crippen molar-refractivity contribution in [1.82, 2.24) is 25.1 Å². The van der Waals surface area contributed by atoms with Crippen molar-refractivity contribution in [2.45, 2.75) is 24.9 Å². The van der Waals surface area contributed by atoms with Gasteiger partial charge in [-0.3, -0.25) is 24.8 Å². The number of hydrogen-bond donors (Lipinski definition) is 1. The number of rotatable bonds is 3. The van der Waals surface area contributed by atoms with E-state index in [0.717, 1.165) is 17.5 Å². The highest BCUT2D eigenvalue weighted by molar-refractivity contribution is 5.94. The number of amides is 1. The van der Waals surface area contributed by atoms with E-state index in [1.54, 1.807) is 23.4 Å². The molecule has 4 rings (SSSR count). The SMILES string of the molecule is O=C1CC(c2cnc(C(F)(F)F)cn2)CCN1c1cc(-c2ccncc2)[nH]n1. The molecule has 1 N–H and O–H groups in total. The van der Waals surface area contributed by atoms with Gasteiger partial charge in [-0.15, -0.1) is 0 Å². The number of halogens is 3. The monoisotopic (exact) mass is 388 g/mol. The number of carbonyl (C=O) groups excluding carboxylic acids is 1. The molecule has 28 heavy (non-hydrogen) atoms. The van der Waals surface area contributed by atoms with Gasteiger partial charge in [0.2, 0.25) is 5.91 Å². The van der Waals surface area contributed by atoms with Crippen LogP contribution in [0.5, 0.6) is 0 Å². The summed E-state index contributed by atoms with van der Waals surface area (Å²) in [4.78, 5) is 25.4. The molecule has 10 heteroatoms. The van der Waals surface area contributed by atoms with Crippen LogP contribution in [0.25, 0.3) is 11.3 Å². The number of nitrogens with zero attached hydrogens (tertiary/aromatic N) is 5. The molecule has 1 saturated heterocycles. The molecule has 3 aromatic rings. The van der Waals surface area contributed by atoms with Crippen molar-refractivity contribution in [1.29, 1.82) is 0 Å². The number of piperidine rings is 1. The van der Waals surface area contributed by atoms with E-state index in [-0.39, 0.29) is 18.2 Å².